The van der Waals surface area contributed by atoms with E-state index >= 15 is 0 Å². The zero-order chi connectivity index (χ0) is 36.1. The van der Waals surface area contributed by atoms with Crippen LogP contribution < -0.4 is 20.0 Å². The lowest BCUT2D eigenvalue weighted by molar-refractivity contribution is -0.134. The van der Waals surface area contributed by atoms with Gasteiger partial charge >= 0.3 is 0 Å². The molecule has 3 amide bonds. The van der Waals surface area contributed by atoms with E-state index in [1.54, 1.807) is 18.3 Å². The molecule has 6 heterocycles. The maximum absolute atomic E-state index is 13.5. The number of para-hydroxylation sites is 3. The number of hydrogen-bond donors (Lipinski definition) is 2. The number of anilines is 3. The molecular formula is C40H41N9O4. The molecule has 1 unspecified atom stereocenters. The van der Waals surface area contributed by atoms with Crippen molar-refractivity contribution in [3.8, 4) is 22.8 Å². The quantitative estimate of drug-likeness (QED) is 0.246. The number of nitrogens with zero attached hydrogens (tertiary/aromatic N) is 8. The molecular weight excluding hydrogens is 670 g/mol. The molecule has 13 nitrogen and oxygen atoms in total. The van der Waals surface area contributed by atoms with Crippen LogP contribution in [0.4, 0.5) is 17.1 Å². The van der Waals surface area contributed by atoms with Gasteiger partial charge in [0.1, 0.15) is 23.1 Å². The van der Waals surface area contributed by atoms with Crippen molar-refractivity contribution in [2.75, 3.05) is 47.4 Å². The summed E-state index contributed by atoms with van der Waals surface area (Å²) in [6.45, 7) is 3.39. The molecule has 2 saturated heterocycles. The summed E-state index contributed by atoms with van der Waals surface area (Å²) in [7, 11) is 0. The zero-order valence-corrected chi connectivity index (χ0v) is 29.3. The number of carbonyl (C=O) groups is 3. The SMILES string of the molecule is O=C1CCC(N2CCN(C3CCC(N4CCN(c5ccc(-n6ccc7nnc(-c8ccccc8O)cc76)nc5)C(=O)C4)CC3)c3ccccc32)C(=O)N1. The molecule has 3 fully saturated rings. The number of fused-ring (bicyclic) bond motifs is 2. The van der Waals surface area contributed by atoms with E-state index in [1.165, 1.54) is 0 Å². The zero-order valence-electron chi connectivity index (χ0n) is 29.3. The van der Waals surface area contributed by atoms with Gasteiger partial charge in [0.05, 0.1) is 41.0 Å². The summed E-state index contributed by atoms with van der Waals surface area (Å²) in [5.41, 5.74) is 5.71. The van der Waals surface area contributed by atoms with Crippen molar-refractivity contribution >= 4 is 45.8 Å². The largest absolute Gasteiger partial charge is 0.507 e. The summed E-state index contributed by atoms with van der Waals surface area (Å²) in [5.74, 6) is 0.535. The first-order valence-electron chi connectivity index (χ1n) is 18.5. The number of rotatable bonds is 6. The first-order valence-corrected chi connectivity index (χ1v) is 18.5. The maximum Gasteiger partial charge on any atom is 0.249 e. The van der Waals surface area contributed by atoms with Crippen molar-refractivity contribution in [3.05, 3.63) is 85.2 Å². The molecule has 3 aromatic heterocycles. The Kier molecular flexibility index (Phi) is 8.49. The number of piperazine rings is 1. The lowest BCUT2D eigenvalue weighted by atomic mass is 9.88. The Morgan fingerprint density at radius 1 is 0.755 bits per heavy atom. The molecule has 2 N–H and O–H groups in total. The number of aromatic hydroxyl groups is 1. The second kappa shape index (κ2) is 13.6. The Labute approximate surface area is 306 Å². The van der Waals surface area contributed by atoms with Gasteiger partial charge in [-0.2, -0.15) is 0 Å². The van der Waals surface area contributed by atoms with Gasteiger partial charge < -0.3 is 19.8 Å². The fraction of sp³-hybridized carbons (Fsp3) is 0.350. The van der Waals surface area contributed by atoms with Crippen LogP contribution in [0.1, 0.15) is 38.5 Å². The molecule has 1 aliphatic carbocycles. The minimum atomic E-state index is -0.322. The highest BCUT2D eigenvalue weighted by Gasteiger charge is 2.39. The third-order valence-corrected chi connectivity index (χ3v) is 11.5. The topological polar surface area (TPSA) is 140 Å². The van der Waals surface area contributed by atoms with E-state index in [9.17, 15) is 19.5 Å². The van der Waals surface area contributed by atoms with E-state index in [2.05, 4.69) is 48.4 Å². The fourth-order valence-electron chi connectivity index (χ4n) is 8.73. The minimum Gasteiger partial charge on any atom is -0.507 e. The standard InChI is InChI=1S/C40H41N9O4/c50-36-8-4-1-5-29(36)31-23-35-30(43-44-31)17-18-49(35)37-15-13-28(24-41-37)47-20-19-45(25-39(47)52)26-9-11-27(12-10-26)46-21-22-48(33-7-3-2-6-32(33)46)34-14-16-38(51)42-40(34)53/h1-8,13,15,17-18,23-24,26-27,34,50H,9-12,14,16,19-22,25H2,(H,42,51,53). The van der Waals surface area contributed by atoms with Crippen LogP contribution in [0, 0.1) is 0 Å². The van der Waals surface area contributed by atoms with Crippen LogP contribution >= 0.6 is 0 Å². The van der Waals surface area contributed by atoms with E-state index in [-0.39, 0.29) is 29.5 Å². The number of imide groups is 1. The van der Waals surface area contributed by atoms with Crippen LogP contribution in [0.2, 0.25) is 0 Å². The number of phenols is 1. The summed E-state index contributed by atoms with van der Waals surface area (Å²) in [5, 5.41) is 21.5. The number of piperidine rings is 1. The van der Waals surface area contributed by atoms with Crippen LogP contribution in [-0.4, -0.2) is 98.3 Å². The van der Waals surface area contributed by atoms with Crippen LogP contribution in [0.25, 0.3) is 28.1 Å². The lowest BCUT2D eigenvalue weighted by Gasteiger charge is -2.48. The van der Waals surface area contributed by atoms with E-state index in [0.717, 1.165) is 67.9 Å². The van der Waals surface area contributed by atoms with Crippen LogP contribution in [0.3, 0.4) is 0 Å². The van der Waals surface area contributed by atoms with Gasteiger partial charge in [-0.25, -0.2) is 4.98 Å². The van der Waals surface area contributed by atoms with Gasteiger partial charge in [-0.05, 0) is 80.6 Å². The third-order valence-electron chi connectivity index (χ3n) is 11.5. The number of hydrogen-bond acceptors (Lipinski definition) is 10. The van der Waals surface area contributed by atoms with Gasteiger partial charge in [0, 0.05) is 56.4 Å². The van der Waals surface area contributed by atoms with Gasteiger partial charge in [0.25, 0.3) is 0 Å². The minimum absolute atomic E-state index is 0.0837. The predicted octanol–water partition coefficient (Wildman–Crippen LogP) is 4.28. The average molecular weight is 712 g/mol. The Hall–Kier alpha value is -5.82. The molecule has 2 aromatic carbocycles. The fourth-order valence-corrected chi connectivity index (χ4v) is 8.73. The molecule has 1 atom stereocenters. The second-order valence-electron chi connectivity index (χ2n) is 14.4. The highest BCUT2D eigenvalue weighted by Crippen LogP contribution is 2.40. The molecule has 1 saturated carbocycles. The molecule has 0 radical (unpaired) electrons. The summed E-state index contributed by atoms with van der Waals surface area (Å²) in [4.78, 5) is 51.7. The molecule has 9 rings (SSSR count). The van der Waals surface area contributed by atoms with Crippen molar-refractivity contribution in [2.24, 2.45) is 0 Å². The Morgan fingerprint density at radius 3 is 2.26 bits per heavy atom. The highest BCUT2D eigenvalue weighted by atomic mass is 16.3. The van der Waals surface area contributed by atoms with E-state index in [0.29, 0.717) is 60.6 Å². The summed E-state index contributed by atoms with van der Waals surface area (Å²) in [6.07, 6.45) is 8.73. The molecule has 3 aliphatic heterocycles. The van der Waals surface area contributed by atoms with E-state index < -0.39 is 0 Å². The molecule has 5 aromatic rings. The number of phenolic OH excluding ortho intramolecular Hbond substituents is 1. The summed E-state index contributed by atoms with van der Waals surface area (Å²) >= 11 is 0. The Bertz CT molecular complexity index is 2200. The van der Waals surface area contributed by atoms with Crippen molar-refractivity contribution in [3.63, 3.8) is 0 Å². The molecule has 0 bridgehead atoms. The van der Waals surface area contributed by atoms with Gasteiger partial charge in [-0.15, -0.1) is 10.2 Å². The summed E-state index contributed by atoms with van der Waals surface area (Å²) in [6, 6.07) is 23.5. The molecule has 13 heteroatoms. The monoisotopic (exact) mass is 711 g/mol. The Balaban J connectivity index is 0.825. The first-order chi connectivity index (χ1) is 25.9. The number of carbonyl (C=O) groups excluding carboxylic acids is 3. The average Bonchev–Trinajstić information content (AvgIpc) is 3.61. The summed E-state index contributed by atoms with van der Waals surface area (Å²) < 4.78 is 1.93. The number of amides is 3. The van der Waals surface area contributed by atoms with E-state index in [4.69, 9.17) is 4.98 Å². The van der Waals surface area contributed by atoms with Gasteiger partial charge in [0.15, 0.2) is 0 Å². The number of benzene rings is 2. The van der Waals surface area contributed by atoms with Gasteiger partial charge in [-0.1, -0.05) is 24.3 Å². The highest BCUT2D eigenvalue weighted by molar-refractivity contribution is 6.02. The molecule has 53 heavy (non-hydrogen) atoms. The smallest absolute Gasteiger partial charge is 0.249 e. The second-order valence-corrected chi connectivity index (χ2v) is 14.4. The van der Waals surface area contributed by atoms with Crippen LogP contribution in [-0.2, 0) is 14.4 Å². The van der Waals surface area contributed by atoms with Crippen LogP contribution in [0.15, 0.2) is 85.2 Å². The van der Waals surface area contributed by atoms with Crippen molar-refractivity contribution in [2.45, 2.75) is 56.7 Å². The first kappa shape index (κ1) is 33.0. The van der Waals surface area contributed by atoms with Crippen molar-refractivity contribution < 1.29 is 19.5 Å². The number of nitrogens with one attached hydrogen (secondary N) is 1. The van der Waals surface area contributed by atoms with Gasteiger partial charge in [0.2, 0.25) is 17.7 Å². The van der Waals surface area contributed by atoms with Crippen LogP contribution in [0.5, 0.6) is 5.75 Å². The van der Waals surface area contributed by atoms with E-state index in [1.807, 2.05) is 58.1 Å². The van der Waals surface area contributed by atoms with Crippen molar-refractivity contribution in [1.29, 1.82) is 0 Å². The lowest BCUT2D eigenvalue weighted by Crippen LogP contribution is -2.58. The normalized spacial score (nSPS) is 22.6. The van der Waals surface area contributed by atoms with Crippen molar-refractivity contribution in [1.82, 2.24) is 30.0 Å². The maximum atomic E-state index is 13.5. The van der Waals surface area contributed by atoms with Gasteiger partial charge in [-0.3, -0.25) is 29.2 Å². The molecule has 270 valence electrons. The molecule has 0 spiro atoms. The Morgan fingerprint density at radius 2 is 1.51 bits per heavy atom. The number of pyridine rings is 1. The predicted molar refractivity (Wildman–Crippen MR) is 201 cm³/mol. The third kappa shape index (κ3) is 6.14. The molecule has 4 aliphatic rings. The number of aromatic nitrogens is 4.